The first-order chi connectivity index (χ1) is 5.16. The van der Waals surface area contributed by atoms with E-state index >= 15 is 0 Å². The molecular weight excluding hydrogens is 314 g/mol. The topological polar surface area (TPSA) is 0 Å². The van der Waals surface area contributed by atoms with E-state index in [1.807, 2.05) is 18.4 Å². The first-order valence-electron chi connectivity index (χ1n) is 2.84. The molecule has 0 heterocycles. The van der Waals surface area contributed by atoms with Crippen molar-refractivity contribution < 1.29 is 0 Å². The van der Waals surface area contributed by atoms with Gasteiger partial charge in [-0.2, -0.15) is 0 Å². The number of hydrogen-bond donors (Lipinski definition) is 0. The molecule has 0 spiro atoms. The highest BCUT2D eigenvalue weighted by Crippen LogP contribution is 2.35. The summed E-state index contributed by atoms with van der Waals surface area (Å²) in [4.78, 5) is 1.06. The minimum atomic E-state index is 0.622. The van der Waals surface area contributed by atoms with Gasteiger partial charge in [0.15, 0.2) is 0 Å². The fraction of sp³-hybridized carbons (Fsp3) is 0.143. The van der Waals surface area contributed by atoms with Gasteiger partial charge in [-0.1, -0.05) is 23.2 Å². The minimum Gasteiger partial charge on any atom is -0.127 e. The fourth-order valence-electron chi connectivity index (χ4n) is 0.696. The third-order valence-electron chi connectivity index (χ3n) is 1.21. The number of thioether (sulfide) groups is 1. The smallest absolute Gasteiger partial charge is 0.0738 e. The highest BCUT2D eigenvalue weighted by Gasteiger charge is 2.06. The predicted molar refractivity (Wildman–Crippen MR) is 61.0 cm³/mol. The summed E-state index contributed by atoms with van der Waals surface area (Å²) in [5.74, 6) is 0. The van der Waals surface area contributed by atoms with Crippen LogP contribution in [0, 0.1) is 3.57 Å². The van der Waals surface area contributed by atoms with Gasteiger partial charge in [-0.05, 0) is 41.0 Å². The van der Waals surface area contributed by atoms with Crippen LogP contribution in [-0.2, 0) is 0 Å². The number of benzene rings is 1. The highest BCUT2D eigenvalue weighted by molar-refractivity contribution is 14.1. The third kappa shape index (κ3) is 2.17. The Balaban J connectivity index is 3.29. The summed E-state index contributed by atoms with van der Waals surface area (Å²) in [7, 11) is 0. The summed E-state index contributed by atoms with van der Waals surface area (Å²) in [5.41, 5.74) is 0. The second-order valence-corrected chi connectivity index (χ2v) is 4.64. The Hall–Kier alpha value is 0.880. The summed E-state index contributed by atoms with van der Waals surface area (Å²) in [5, 5.41) is 1.28. The fourth-order valence-corrected chi connectivity index (χ4v) is 3.13. The highest BCUT2D eigenvalue weighted by atomic mass is 127. The second kappa shape index (κ2) is 4.21. The monoisotopic (exact) mass is 318 g/mol. The van der Waals surface area contributed by atoms with Crippen LogP contribution >= 0.6 is 57.6 Å². The number of halogens is 3. The van der Waals surface area contributed by atoms with Crippen LogP contribution in [0.15, 0.2) is 17.0 Å². The molecule has 1 rings (SSSR count). The lowest BCUT2D eigenvalue weighted by molar-refractivity contribution is 1.41. The average molecular weight is 319 g/mol. The van der Waals surface area contributed by atoms with Gasteiger partial charge >= 0.3 is 0 Å². The summed E-state index contributed by atoms with van der Waals surface area (Å²) in [6, 6.07) is 3.77. The lowest BCUT2D eigenvalue weighted by Gasteiger charge is -2.04. The van der Waals surface area contributed by atoms with E-state index < -0.39 is 0 Å². The molecule has 0 atom stereocenters. The van der Waals surface area contributed by atoms with Gasteiger partial charge in [-0.15, -0.1) is 11.8 Å². The molecular formula is C7H5Cl2IS. The second-order valence-electron chi connectivity index (χ2n) is 1.88. The lowest BCUT2D eigenvalue weighted by Crippen LogP contribution is -1.80. The van der Waals surface area contributed by atoms with E-state index in [9.17, 15) is 0 Å². The molecule has 0 aromatic heterocycles. The first-order valence-corrected chi connectivity index (χ1v) is 5.90. The van der Waals surface area contributed by atoms with Crippen LogP contribution in [-0.4, -0.2) is 6.26 Å². The molecule has 0 aliphatic rings. The third-order valence-corrected chi connectivity index (χ3v) is 4.22. The van der Waals surface area contributed by atoms with Gasteiger partial charge in [0.1, 0.15) is 0 Å². The normalized spacial score (nSPS) is 10.2. The van der Waals surface area contributed by atoms with Crippen LogP contribution in [0.2, 0.25) is 10.0 Å². The first kappa shape index (κ1) is 9.96. The summed E-state index contributed by atoms with van der Waals surface area (Å²) in [6.07, 6.45) is 1.99. The van der Waals surface area contributed by atoms with Gasteiger partial charge in [-0.25, -0.2) is 0 Å². The van der Waals surface area contributed by atoms with E-state index in [1.165, 1.54) is 0 Å². The number of hydrogen-bond acceptors (Lipinski definition) is 1. The Labute approximate surface area is 93.8 Å². The molecule has 4 heteroatoms. The molecule has 0 aliphatic heterocycles. The van der Waals surface area contributed by atoms with Crippen molar-refractivity contribution in [3.05, 3.63) is 25.7 Å². The van der Waals surface area contributed by atoms with Gasteiger partial charge in [0.05, 0.1) is 10.0 Å². The van der Waals surface area contributed by atoms with Crippen molar-refractivity contribution >= 4 is 57.6 Å². The quantitative estimate of drug-likeness (QED) is 0.422. The van der Waals surface area contributed by atoms with Crippen molar-refractivity contribution in [3.63, 3.8) is 0 Å². The minimum absolute atomic E-state index is 0.622. The van der Waals surface area contributed by atoms with E-state index in [-0.39, 0.29) is 0 Å². The van der Waals surface area contributed by atoms with Crippen LogP contribution < -0.4 is 0 Å². The van der Waals surface area contributed by atoms with E-state index in [0.29, 0.717) is 10.0 Å². The Morgan fingerprint density at radius 2 is 2.00 bits per heavy atom. The summed E-state index contributed by atoms with van der Waals surface area (Å²) >= 11 is 15.6. The van der Waals surface area contributed by atoms with Crippen molar-refractivity contribution in [2.24, 2.45) is 0 Å². The van der Waals surface area contributed by atoms with Crippen LogP contribution in [0.25, 0.3) is 0 Å². The van der Waals surface area contributed by atoms with E-state index in [2.05, 4.69) is 22.6 Å². The molecule has 0 aliphatic carbocycles. The molecule has 0 bridgehead atoms. The Bertz CT molecular complexity index is 275. The van der Waals surface area contributed by atoms with Crippen LogP contribution in [0.5, 0.6) is 0 Å². The maximum absolute atomic E-state index is 5.94. The van der Waals surface area contributed by atoms with Gasteiger partial charge < -0.3 is 0 Å². The van der Waals surface area contributed by atoms with Crippen molar-refractivity contribution in [2.45, 2.75) is 4.90 Å². The predicted octanol–water partition coefficient (Wildman–Crippen LogP) is 4.32. The molecule has 0 N–H and O–H groups in total. The maximum Gasteiger partial charge on any atom is 0.0738 e. The Morgan fingerprint density at radius 3 is 2.45 bits per heavy atom. The van der Waals surface area contributed by atoms with Crippen molar-refractivity contribution in [2.75, 3.05) is 6.26 Å². The zero-order chi connectivity index (χ0) is 8.43. The van der Waals surface area contributed by atoms with Crippen LogP contribution in [0.4, 0.5) is 0 Å². The molecule has 0 fully saturated rings. The van der Waals surface area contributed by atoms with Crippen molar-refractivity contribution in [1.82, 2.24) is 0 Å². The Morgan fingerprint density at radius 1 is 1.36 bits per heavy atom. The molecule has 0 saturated heterocycles. The molecule has 60 valence electrons. The van der Waals surface area contributed by atoms with Crippen LogP contribution in [0.1, 0.15) is 0 Å². The molecule has 0 unspecified atom stereocenters. The van der Waals surface area contributed by atoms with E-state index in [1.54, 1.807) is 11.8 Å². The molecule has 0 saturated carbocycles. The largest absolute Gasteiger partial charge is 0.127 e. The molecule has 0 amide bonds. The van der Waals surface area contributed by atoms with Gasteiger partial charge in [-0.3, -0.25) is 0 Å². The standard InChI is InChI=1S/C7H5Cl2IS/c1-11-7-5(10)3-2-4(8)6(7)9/h2-3H,1H3. The van der Waals surface area contributed by atoms with Crippen molar-refractivity contribution in [3.8, 4) is 0 Å². The van der Waals surface area contributed by atoms with Crippen LogP contribution in [0.3, 0.4) is 0 Å². The molecule has 1 aromatic rings. The van der Waals surface area contributed by atoms with E-state index in [4.69, 9.17) is 23.2 Å². The number of rotatable bonds is 1. The maximum atomic E-state index is 5.94. The Kier molecular flexibility index (Phi) is 3.81. The van der Waals surface area contributed by atoms with Gasteiger partial charge in [0.2, 0.25) is 0 Å². The zero-order valence-electron chi connectivity index (χ0n) is 5.70. The molecule has 11 heavy (non-hydrogen) atoms. The molecule has 0 nitrogen and oxygen atoms in total. The summed E-state index contributed by atoms with van der Waals surface area (Å²) < 4.78 is 1.14. The summed E-state index contributed by atoms with van der Waals surface area (Å²) in [6.45, 7) is 0. The van der Waals surface area contributed by atoms with Gasteiger partial charge in [0.25, 0.3) is 0 Å². The van der Waals surface area contributed by atoms with E-state index in [0.717, 1.165) is 8.47 Å². The SMILES string of the molecule is CSc1c(I)ccc(Cl)c1Cl. The molecule has 1 aromatic carbocycles. The molecule has 0 radical (unpaired) electrons. The van der Waals surface area contributed by atoms with Crippen molar-refractivity contribution in [1.29, 1.82) is 0 Å². The lowest BCUT2D eigenvalue weighted by atomic mass is 10.4. The van der Waals surface area contributed by atoms with Gasteiger partial charge in [0, 0.05) is 8.47 Å². The zero-order valence-corrected chi connectivity index (χ0v) is 10.2. The average Bonchev–Trinajstić information content (AvgIpc) is 1.99.